The van der Waals surface area contributed by atoms with Gasteiger partial charge >= 0.3 is 0 Å². The van der Waals surface area contributed by atoms with Gasteiger partial charge in [-0.3, -0.25) is 0 Å². The fourth-order valence-electron chi connectivity index (χ4n) is 2.71. The monoisotopic (exact) mass is 340 g/mol. The molecule has 0 heterocycles. The van der Waals surface area contributed by atoms with Gasteiger partial charge in [-0.2, -0.15) is 0 Å². The predicted molar refractivity (Wildman–Crippen MR) is 106 cm³/mol. The van der Waals surface area contributed by atoms with Crippen LogP contribution in [0.3, 0.4) is 0 Å². The zero-order valence-electron chi connectivity index (χ0n) is 16.2. The molecule has 0 amide bonds. The van der Waals surface area contributed by atoms with Gasteiger partial charge in [0.05, 0.1) is 34.4 Å². The molecule has 2 aromatic carbocycles. The van der Waals surface area contributed by atoms with Crippen molar-refractivity contribution in [3.63, 3.8) is 0 Å². The molecule has 0 radical (unpaired) electrons. The summed E-state index contributed by atoms with van der Waals surface area (Å²) in [5, 5.41) is 0. The van der Waals surface area contributed by atoms with Gasteiger partial charge in [0.25, 0.3) is 0 Å². The number of likely N-dealkylation sites (N-methyl/N-ethyl adjacent to an activating group) is 1. The lowest BCUT2D eigenvalue weighted by molar-refractivity contribution is -0.903. The smallest absolute Gasteiger partial charge is 0.126 e. The molecule has 2 rings (SSSR count). The van der Waals surface area contributed by atoms with E-state index in [1.54, 1.807) is 14.2 Å². The van der Waals surface area contributed by atoms with Gasteiger partial charge in [0.1, 0.15) is 18.0 Å². The molecular weight excluding hydrogens is 310 g/mol. The molecule has 3 heteroatoms. The highest BCUT2D eigenvalue weighted by Gasteiger charge is 2.24. The lowest BCUT2D eigenvalue weighted by Crippen LogP contribution is -2.46. The summed E-state index contributed by atoms with van der Waals surface area (Å²) < 4.78 is 12.0. The van der Waals surface area contributed by atoms with Crippen LogP contribution >= 0.6 is 0 Å². The van der Waals surface area contributed by atoms with E-state index in [9.17, 15) is 0 Å². The van der Waals surface area contributed by atoms with Crippen LogP contribution in [0.15, 0.2) is 48.5 Å². The van der Waals surface area contributed by atoms with Crippen LogP contribution in [0, 0.1) is 0 Å². The van der Waals surface area contributed by atoms with Crippen molar-refractivity contribution in [2.24, 2.45) is 0 Å². The molecule has 2 aromatic rings. The molecule has 25 heavy (non-hydrogen) atoms. The van der Waals surface area contributed by atoms with E-state index in [2.05, 4.69) is 52.2 Å². The van der Waals surface area contributed by atoms with Crippen LogP contribution in [-0.2, 0) is 0 Å². The van der Waals surface area contributed by atoms with E-state index in [4.69, 9.17) is 9.47 Å². The molecule has 0 N–H and O–H groups in total. The Balaban J connectivity index is 2.58. The summed E-state index contributed by atoms with van der Waals surface area (Å²) in [5.41, 5.74) is 3.44. The van der Waals surface area contributed by atoms with E-state index in [0.717, 1.165) is 33.7 Å². The Kier molecular flexibility index (Phi) is 6.27. The third kappa shape index (κ3) is 4.64. The van der Waals surface area contributed by atoms with Crippen molar-refractivity contribution in [1.29, 1.82) is 0 Å². The number of hydrogen-bond acceptors (Lipinski definition) is 2. The Hall–Kier alpha value is -2.26. The van der Waals surface area contributed by atoms with Crippen LogP contribution in [-0.4, -0.2) is 45.4 Å². The quantitative estimate of drug-likeness (QED) is 0.536. The third-order valence-corrected chi connectivity index (χ3v) is 4.90. The van der Waals surface area contributed by atoms with Crippen LogP contribution in [0.1, 0.15) is 25.0 Å². The Morgan fingerprint density at radius 2 is 1.48 bits per heavy atom. The molecule has 0 aromatic heterocycles. The van der Waals surface area contributed by atoms with Crippen molar-refractivity contribution in [2.45, 2.75) is 19.9 Å². The maximum absolute atomic E-state index is 5.62. The van der Waals surface area contributed by atoms with Gasteiger partial charge < -0.3 is 14.0 Å². The summed E-state index contributed by atoms with van der Waals surface area (Å²) >= 11 is 0. The van der Waals surface area contributed by atoms with Crippen molar-refractivity contribution in [1.82, 2.24) is 0 Å². The zero-order valence-corrected chi connectivity index (χ0v) is 16.2. The van der Waals surface area contributed by atoms with Gasteiger partial charge in [-0.15, -0.1) is 0 Å². The number of quaternary nitrogens is 1. The zero-order chi connectivity index (χ0) is 18.4. The van der Waals surface area contributed by atoms with E-state index in [-0.39, 0.29) is 0 Å². The number of ether oxygens (including phenoxy) is 2. The van der Waals surface area contributed by atoms with Crippen molar-refractivity contribution in [3.05, 3.63) is 59.7 Å². The minimum absolute atomic E-state index is 0.510. The van der Waals surface area contributed by atoms with Gasteiger partial charge in [0.2, 0.25) is 0 Å². The maximum atomic E-state index is 5.62. The van der Waals surface area contributed by atoms with Crippen molar-refractivity contribution >= 4 is 11.6 Å². The number of methoxy groups -OCH3 is 2. The highest BCUT2D eigenvalue weighted by atomic mass is 16.5. The molecule has 0 aliphatic heterocycles. The molecule has 0 bridgehead atoms. The normalized spacial score (nSPS) is 12.4. The second kappa shape index (κ2) is 8.21. The number of benzene rings is 2. The summed E-state index contributed by atoms with van der Waals surface area (Å²) in [6.07, 6.45) is 2.22. The highest BCUT2D eigenvalue weighted by molar-refractivity contribution is 5.85. The molecular formula is C22H30NO2+. The van der Waals surface area contributed by atoms with Crippen molar-refractivity contribution in [3.8, 4) is 11.5 Å². The summed E-state index contributed by atoms with van der Waals surface area (Å²) in [4.78, 5) is 0. The lowest BCUT2D eigenvalue weighted by atomic mass is 9.99. The van der Waals surface area contributed by atoms with E-state index in [1.165, 1.54) is 5.57 Å². The first-order chi connectivity index (χ1) is 11.9. The third-order valence-electron chi connectivity index (χ3n) is 4.90. The Morgan fingerprint density at radius 3 is 2.08 bits per heavy atom. The molecule has 0 aliphatic rings. The van der Waals surface area contributed by atoms with Crippen LogP contribution in [0.25, 0.3) is 11.6 Å². The summed E-state index contributed by atoms with van der Waals surface area (Å²) in [6.45, 7) is 5.40. The van der Waals surface area contributed by atoms with Gasteiger partial charge in [0, 0.05) is 16.7 Å². The van der Waals surface area contributed by atoms with Gasteiger partial charge in [-0.05, 0) is 32.1 Å². The van der Waals surface area contributed by atoms with E-state index >= 15 is 0 Å². The minimum Gasteiger partial charge on any atom is -0.496 e. The van der Waals surface area contributed by atoms with Crippen LogP contribution in [0.5, 0.6) is 11.5 Å². The van der Waals surface area contributed by atoms with Gasteiger partial charge in [-0.1, -0.05) is 36.4 Å². The fraction of sp³-hybridized carbons (Fsp3) is 0.364. The van der Waals surface area contributed by atoms with Gasteiger partial charge in [-0.25, -0.2) is 0 Å². The van der Waals surface area contributed by atoms with E-state index in [0.29, 0.717) is 6.04 Å². The molecule has 3 nitrogen and oxygen atoms in total. The average Bonchev–Trinajstić information content (AvgIpc) is 2.61. The lowest BCUT2D eigenvalue weighted by Gasteiger charge is -2.35. The topological polar surface area (TPSA) is 18.5 Å². The number of hydrogen-bond donors (Lipinski definition) is 0. The molecule has 0 saturated heterocycles. The second-order valence-electron chi connectivity index (χ2n) is 7.14. The maximum Gasteiger partial charge on any atom is 0.126 e. The molecule has 134 valence electrons. The first-order valence-electron chi connectivity index (χ1n) is 8.68. The van der Waals surface area contributed by atoms with E-state index < -0.39 is 0 Å². The Morgan fingerprint density at radius 1 is 0.920 bits per heavy atom. The first-order valence-corrected chi connectivity index (χ1v) is 8.68. The average molecular weight is 340 g/mol. The van der Waals surface area contributed by atoms with Crippen LogP contribution < -0.4 is 9.47 Å². The van der Waals surface area contributed by atoms with Crippen LogP contribution in [0.4, 0.5) is 0 Å². The van der Waals surface area contributed by atoms with E-state index in [1.807, 2.05) is 30.3 Å². The molecule has 0 saturated carbocycles. The Bertz CT molecular complexity index is 732. The molecule has 0 atom stereocenters. The number of para-hydroxylation sites is 2. The highest BCUT2D eigenvalue weighted by Crippen LogP contribution is 2.31. The molecule has 0 fully saturated rings. The van der Waals surface area contributed by atoms with Crippen molar-refractivity contribution < 1.29 is 14.0 Å². The molecule has 0 aliphatic carbocycles. The predicted octanol–water partition coefficient (Wildman–Crippen LogP) is 4.73. The number of nitrogens with zero attached hydrogens (tertiary/aromatic N) is 1. The second-order valence-corrected chi connectivity index (χ2v) is 7.14. The van der Waals surface area contributed by atoms with Crippen LogP contribution in [0.2, 0.25) is 0 Å². The Labute approximate surface area is 152 Å². The SMILES string of the molecule is COc1ccccc1C=C(C[N+](C)(C)C(C)C)c1ccccc1OC. The standard InChI is InChI=1S/C22H30NO2/c1-17(2)23(3,4)16-19(20-12-8-10-14-22(20)25-6)15-18-11-7-9-13-21(18)24-5/h7-15,17H,16H2,1-6H3/q+1. The fourth-order valence-corrected chi connectivity index (χ4v) is 2.71. The molecule has 0 unspecified atom stereocenters. The summed E-state index contributed by atoms with van der Waals surface area (Å²) in [5.74, 6) is 1.78. The van der Waals surface area contributed by atoms with Crippen molar-refractivity contribution in [2.75, 3.05) is 34.9 Å². The number of rotatable bonds is 7. The van der Waals surface area contributed by atoms with Gasteiger partial charge in [0.15, 0.2) is 0 Å². The summed E-state index contributed by atoms with van der Waals surface area (Å²) in [6, 6.07) is 16.8. The molecule has 0 spiro atoms. The minimum atomic E-state index is 0.510. The summed E-state index contributed by atoms with van der Waals surface area (Å²) in [7, 11) is 7.96. The first kappa shape index (κ1) is 19.1. The largest absolute Gasteiger partial charge is 0.496 e.